The van der Waals surface area contributed by atoms with E-state index in [1.165, 1.54) is 0 Å². The molecule has 2 aromatic carbocycles. The summed E-state index contributed by atoms with van der Waals surface area (Å²) in [6, 6.07) is 11.7. The van der Waals surface area contributed by atoms with Crippen LogP contribution in [0, 0.1) is 0 Å². The van der Waals surface area contributed by atoms with Gasteiger partial charge < -0.3 is 25.4 Å². The molecule has 3 amide bonds. The number of carbonyl (C=O) groups is 2. The fourth-order valence-electron chi connectivity index (χ4n) is 3.84. The van der Waals surface area contributed by atoms with E-state index >= 15 is 0 Å². The number of halogens is 1. The predicted molar refractivity (Wildman–Crippen MR) is 115 cm³/mol. The molecule has 2 unspecified atom stereocenters. The molecule has 0 aliphatic carbocycles. The van der Waals surface area contributed by atoms with Crippen molar-refractivity contribution in [3.8, 4) is 11.5 Å². The predicted octanol–water partition coefficient (Wildman–Crippen LogP) is 3.47. The zero-order chi connectivity index (χ0) is 21.7. The Hall–Kier alpha value is -2.93. The standard InChI is InChI=1S/C22H26ClN3O4/c1-29-19-8-7-14(11-20(19)30-2)15-9-10-26(13-15)21(27)12-18(25-22(24)28)16-5-3-4-6-17(16)23/h3-8,11,15,18H,9-10,12-13H2,1-2H3,(H3,24,25,28). The van der Waals surface area contributed by atoms with Crippen molar-refractivity contribution >= 4 is 23.5 Å². The van der Waals surface area contributed by atoms with Gasteiger partial charge in [0.2, 0.25) is 5.91 Å². The molecule has 2 atom stereocenters. The number of amides is 3. The van der Waals surface area contributed by atoms with Gasteiger partial charge >= 0.3 is 6.03 Å². The van der Waals surface area contributed by atoms with Crippen molar-refractivity contribution in [2.24, 2.45) is 5.73 Å². The Kier molecular flexibility index (Phi) is 7.05. The summed E-state index contributed by atoms with van der Waals surface area (Å²) in [6.45, 7) is 1.24. The smallest absolute Gasteiger partial charge is 0.312 e. The summed E-state index contributed by atoms with van der Waals surface area (Å²) in [6.07, 6.45) is 0.937. The molecule has 8 heteroatoms. The van der Waals surface area contributed by atoms with Gasteiger partial charge in [-0.05, 0) is 35.7 Å². The summed E-state index contributed by atoms with van der Waals surface area (Å²) < 4.78 is 10.7. The number of nitrogens with zero attached hydrogens (tertiary/aromatic N) is 1. The zero-order valence-electron chi connectivity index (χ0n) is 17.1. The molecule has 0 spiro atoms. The largest absolute Gasteiger partial charge is 0.493 e. The van der Waals surface area contributed by atoms with Crippen molar-refractivity contribution in [3.63, 3.8) is 0 Å². The minimum absolute atomic E-state index is 0.0587. The van der Waals surface area contributed by atoms with E-state index in [1.807, 2.05) is 29.2 Å². The molecule has 1 fully saturated rings. The van der Waals surface area contributed by atoms with Gasteiger partial charge in [0, 0.05) is 24.0 Å². The summed E-state index contributed by atoms with van der Waals surface area (Å²) in [7, 11) is 3.20. The first kappa shape index (κ1) is 21.8. The first-order chi connectivity index (χ1) is 14.4. The van der Waals surface area contributed by atoms with E-state index in [-0.39, 0.29) is 18.2 Å². The Morgan fingerprint density at radius 3 is 2.60 bits per heavy atom. The number of nitrogens with one attached hydrogen (secondary N) is 1. The van der Waals surface area contributed by atoms with Gasteiger partial charge in [-0.15, -0.1) is 0 Å². The van der Waals surface area contributed by atoms with Crippen LogP contribution in [0.1, 0.15) is 35.9 Å². The molecule has 7 nitrogen and oxygen atoms in total. The molecule has 1 aliphatic rings. The molecule has 0 radical (unpaired) electrons. The molecule has 2 aromatic rings. The van der Waals surface area contributed by atoms with Gasteiger partial charge in [0.05, 0.1) is 26.7 Å². The highest BCUT2D eigenvalue weighted by atomic mass is 35.5. The first-order valence-corrected chi connectivity index (χ1v) is 10.1. The second-order valence-corrected chi connectivity index (χ2v) is 7.63. The lowest BCUT2D eigenvalue weighted by Crippen LogP contribution is -2.37. The molecule has 1 saturated heterocycles. The number of ether oxygens (including phenoxy) is 2. The minimum Gasteiger partial charge on any atom is -0.493 e. The van der Waals surface area contributed by atoms with Gasteiger partial charge in [-0.2, -0.15) is 0 Å². The third-order valence-electron chi connectivity index (χ3n) is 5.40. The molecule has 1 aliphatic heterocycles. The molecule has 160 valence electrons. The maximum absolute atomic E-state index is 13.0. The van der Waals surface area contributed by atoms with E-state index in [0.29, 0.717) is 35.2 Å². The van der Waals surface area contributed by atoms with E-state index in [9.17, 15) is 9.59 Å². The number of nitrogens with two attached hydrogens (primary N) is 1. The quantitative estimate of drug-likeness (QED) is 0.701. The molecule has 0 aromatic heterocycles. The highest BCUT2D eigenvalue weighted by Gasteiger charge is 2.30. The third kappa shape index (κ3) is 4.97. The van der Waals surface area contributed by atoms with Gasteiger partial charge in [0.25, 0.3) is 0 Å². The summed E-state index contributed by atoms with van der Waals surface area (Å²) in [4.78, 5) is 26.2. The Labute approximate surface area is 181 Å². The minimum atomic E-state index is -0.697. The van der Waals surface area contributed by atoms with E-state index in [2.05, 4.69) is 5.32 Å². The van der Waals surface area contributed by atoms with Crippen LogP contribution in [0.4, 0.5) is 4.79 Å². The first-order valence-electron chi connectivity index (χ1n) is 9.73. The fraction of sp³-hybridized carbons (Fsp3) is 0.364. The van der Waals surface area contributed by atoms with Crippen LogP contribution in [-0.2, 0) is 4.79 Å². The number of benzene rings is 2. The van der Waals surface area contributed by atoms with E-state index in [1.54, 1.807) is 32.4 Å². The molecular formula is C22H26ClN3O4. The van der Waals surface area contributed by atoms with Crippen LogP contribution >= 0.6 is 11.6 Å². The second-order valence-electron chi connectivity index (χ2n) is 7.23. The van der Waals surface area contributed by atoms with E-state index in [4.69, 9.17) is 26.8 Å². The van der Waals surface area contributed by atoms with Crippen molar-refractivity contribution in [2.75, 3.05) is 27.3 Å². The molecule has 0 bridgehead atoms. The summed E-state index contributed by atoms with van der Waals surface area (Å²) in [5.41, 5.74) is 7.09. The van der Waals surface area contributed by atoms with Crippen LogP contribution in [-0.4, -0.2) is 44.1 Å². The van der Waals surface area contributed by atoms with Crippen LogP contribution in [0.15, 0.2) is 42.5 Å². The normalized spacial score (nSPS) is 16.8. The lowest BCUT2D eigenvalue weighted by atomic mass is 9.98. The molecule has 1 heterocycles. The molecule has 3 N–H and O–H groups in total. The maximum atomic E-state index is 13.0. The van der Waals surface area contributed by atoms with Gasteiger partial charge in [-0.3, -0.25) is 4.79 Å². The third-order valence-corrected chi connectivity index (χ3v) is 5.74. The van der Waals surface area contributed by atoms with Crippen molar-refractivity contribution in [3.05, 3.63) is 58.6 Å². The zero-order valence-corrected chi connectivity index (χ0v) is 17.8. The number of hydrogen-bond donors (Lipinski definition) is 2. The van der Waals surface area contributed by atoms with E-state index < -0.39 is 12.1 Å². The van der Waals surface area contributed by atoms with Gasteiger partial charge in [-0.25, -0.2) is 4.79 Å². The average Bonchev–Trinajstić information content (AvgIpc) is 3.23. The number of urea groups is 1. The number of likely N-dealkylation sites (tertiary alicyclic amines) is 1. The van der Waals surface area contributed by atoms with Gasteiger partial charge in [0.1, 0.15) is 0 Å². The Morgan fingerprint density at radius 1 is 1.20 bits per heavy atom. The lowest BCUT2D eigenvalue weighted by Gasteiger charge is -2.23. The molecule has 30 heavy (non-hydrogen) atoms. The summed E-state index contributed by atoms with van der Waals surface area (Å²) >= 11 is 6.26. The average molecular weight is 432 g/mol. The van der Waals surface area contributed by atoms with Crippen LogP contribution in [0.2, 0.25) is 5.02 Å². The highest BCUT2D eigenvalue weighted by Crippen LogP contribution is 2.35. The summed E-state index contributed by atoms with van der Waals surface area (Å²) in [5, 5.41) is 3.12. The van der Waals surface area contributed by atoms with Crippen LogP contribution < -0.4 is 20.5 Å². The molecular weight excluding hydrogens is 406 g/mol. The van der Waals surface area contributed by atoms with Crippen molar-refractivity contribution < 1.29 is 19.1 Å². The Bertz CT molecular complexity index is 921. The Morgan fingerprint density at radius 2 is 1.93 bits per heavy atom. The fourth-order valence-corrected chi connectivity index (χ4v) is 4.10. The van der Waals surface area contributed by atoms with Crippen molar-refractivity contribution in [1.82, 2.24) is 10.2 Å². The second kappa shape index (κ2) is 9.71. The summed E-state index contributed by atoms with van der Waals surface area (Å²) in [5.74, 6) is 1.49. The van der Waals surface area contributed by atoms with Crippen molar-refractivity contribution in [1.29, 1.82) is 0 Å². The number of primary amides is 1. The van der Waals surface area contributed by atoms with Crippen LogP contribution in [0.5, 0.6) is 11.5 Å². The van der Waals surface area contributed by atoms with Gasteiger partial charge in [0.15, 0.2) is 11.5 Å². The topological polar surface area (TPSA) is 93.9 Å². The molecule has 3 rings (SSSR count). The maximum Gasteiger partial charge on any atom is 0.312 e. The van der Waals surface area contributed by atoms with Crippen molar-refractivity contribution in [2.45, 2.75) is 24.8 Å². The molecule has 0 saturated carbocycles. The van der Waals surface area contributed by atoms with Gasteiger partial charge in [-0.1, -0.05) is 35.9 Å². The number of methoxy groups -OCH3 is 2. The van der Waals surface area contributed by atoms with Crippen LogP contribution in [0.25, 0.3) is 0 Å². The lowest BCUT2D eigenvalue weighted by molar-refractivity contribution is -0.130. The SMILES string of the molecule is COc1ccc(C2CCN(C(=O)CC(NC(N)=O)c3ccccc3Cl)C2)cc1OC. The number of hydrogen-bond acceptors (Lipinski definition) is 4. The number of rotatable bonds is 7. The number of carbonyl (C=O) groups excluding carboxylic acids is 2. The Balaban J connectivity index is 1.70. The highest BCUT2D eigenvalue weighted by molar-refractivity contribution is 6.31. The monoisotopic (exact) mass is 431 g/mol. The van der Waals surface area contributed by atoms with Crippen LogP contribution in [0.3, 0.4) is 0 Å². The van der Waals surface area contributed by atoms with E-state index in [0.717, 1.165) is 12.0 Å².